The predicted molar refractivity (Wildman–Crippen MR) is 70.1 cm³/mol. The molecule has 2 heteroatoms. The Labute approximate surface area is 105 Å². The summed E-state index contributed by atoms with van der Waals surface area (Å²) in [6, 6.07) is 0. The van der Waals surface area contributed by atoms with Gasteiger partial charge < -0.3 is 10.1 Å². The summed E-state index contributed by atoms with van der Waals surface area (Å²) in [5.41, 5.74) is 0.401. The Morgan fingerprint density at radius 1 is 1.06 bits per heavy atom. The van der Waals surface area contributed by atoms with Crippen LogP contribution in [-0.2, 0) is 4.74 Å². The van der Waals surface area contributed by atoms with Gasteiger partial charge in [0.15, 0.2) is 0 Å². The first-order valence-corrected chi connectivity index (χ1v) is 7.70. The molecular formula is C15H27NO. The first kappa shape index (κ1) is 12.0. The zero-order valence-corrected chi connectivity index (χ0v) is 11.3. The third kappa shape index (κ3) is 2.04. The highest BCUT2D eigenvalue weighted by Gasteiger charge is 2.50. The summed E-state index contributed by atoms with van der Waals surface area (Å²) in [5, 5.41) is 3.72. The molecule has 1 heterocycles. The maximum absolute atomic E-state index is 6.80. The Morgan fingerprint density at radius 2 is 1.82 bits per heavy atom. The molecule has 0 aromatic carbocycles. The van der Waals surface area contributed by atoms with Crippen LogP contribution in [0.15, 0.2) is 0 Å². The number of rotatable bonds is 1. The van der Waals surface area contributed by atoms with Crippen LogP contribution in [0.1, 0.15) is 64.7 Å². The maximum Gasteiger partial charge on any atom is 0.0842 e. The lowest BCUT2D eigenvalue weighted by Gasteiger charge is -2.53. The van der Waals surface area contributed by atoms with E-state index in [1.165, 1.54) is 57.8 Å². The monoisotopic (exact) mass is 237 g/mol. The van der Waals surface area contributed by atoms with Crippen molar-refractivity contribution >= 4 is 0 Å². The molecule has 3 fully saturated rings. The number of morpholine rings is 1. The van der Waals surface area contributed by atoms with Gasteiger partial charge in [-0.1, -0.05) is 39.0 Å². The van der Waals surface area contributed by atoms with Crippen LogP contribution < -0.4 is 5.32 Å². The van der Waals surface area contributed by atoms with Gasteiger partial charge in [0, 0.05) is 13.1 Å². The van der Waals surface area contributed by atoms with Gasteiger partial charge in [-0.05, 0) is 31.6 Å². The van der Waals surface area contributed by atoms with Gasteiger partial charge in [-0.2, -0.15) is 0 Å². The molecule has 0 aromatic heterocycles. The molecule has 2 aliphatic carbocycles. The molecule has 1 aliphatic heterocycles. The van der Waals surface area contributed by atoms with Crippen molar-refractivity contribution in [2.24, 2.45) is 5.92 Å². The Balaban J connectivity index is 1.80. The van der Waals surface area contributed by atoms with Gasteiger partial charge >= 0.3 is 0 Å². The van der Waals surface area contributed by atoms with E-state index in [0.29, 0.717) is 0 Å². The van der Waals surface area contributed by atoms with Crippen molar-refractivity contribution in [1.29, 1.82) is 0 Å². The van der Waals surface area contributed by atoms with Crippen LogP contribution in [0.25, 0.3) is 0 Å². The van der Waals surface area contributed by atoms with Crippen molar-refractivity contribution in [3.63, 3.8) is 0 Å². The molecule has 2 nitrogen and oxygen atoms in total. The zero-order valence-electron chi connectivity index (χ0n) is 11.3. The largest absolute Gasteiger partial charge is 0.366 e. The van der Waals surface area contributed by atoms with E-state index < -0.39 is 0 Å². The highest BCUT2D eigenvalue weighted by molar-refractivity contribution is 5.02. The van der Waals surface area contributed by atoms with E-state index in [1.807, 2.05) is 0 Å². The zero-order chi connectivity index (χ0) is 11.8. The average Bonchev–Trinajstić information content (AvgIpc) is 2.77. The van der Waals surface area contributed by atoms with Crippen molar-refractivity contribution in [2.45, 2.75) is 75.9 Å². The summed E-state index contributed by atoms with van der Waals surface area (Å²) in [6.07, 6.45) is 12.1. The van der Waals surface area contributed by atoms with E-state index in [0.717, 1.165) is 19.0 Å². The van der Waals surface area contributed by atoms with Crippen molar-refractivity contribution in [3.8, 4) is 0 Å². The third-order valence-electron chi connectivity index (χ3n) is 5.45. The van der Waals surface area contributed by atoms with Gasteiger partial charge in [0.1, 0.15) is 0 Å². The molecule has 0 bridgehead atoms. The number of hydrogen-bond donors (Lipinski definition) is 1. The predicted octanol–water partition coefficient (Wildman–Crippen LogP) is 3.26. The lowest BCUT2D eigenvalue weighted by Crippen LogP contribution is -2.63. The molecule has 2 spiro atoms. The Kier molecular flexibility index (Phi) is 3.20. The molecule has 17 heavy (non-hydrogen) atoms. The average molecular weight is 237 g/mol. The van der Waals surface area contributed by atoms with Gasteiger partial charge in [-0.3, -0.25) is 0 Å². The second-order valence-electron chi connectivity index (χ2n) is 6.51. The summed E-state index contributed by atoms with van der Waals surface area (Å²) in [5.74, 6) is 0.793. The smallest absolute Gasteiger partial charge is 0.0842 e. The van der Waals surface area contributed by atoms with E-state index >= 15 is 0 Å². The molecule has 2 saturated carbocycles. The Morgan fingerprint density at radius 3 is 2.59 bits per heavy atom. The maximum atomic E-state index is 6.80. The second kappa shape index (κ2) is 4.55. The fourth-order valence-electron chi connectivity index (χ4n) is 4.53. The Hall–Kier alpha value is -0.0800. The van der Waals surface area contributed by atoms with Crippen molar-refractivity contribution in [1.82, 2.24) is 5.32 Å². The van der Waals surface area contributed by atoms with E-state index in [9.17, 15) is 0 Å². The van der Waals surface area contributed by atoms with Crippen molar-refractivity contribution < 1.29 is 4.74 Å². The molecule has 0 aromatic rings. The third-order valence-corrected chi connectivity index (χ3v) is 5.45. The highest BCUT2D eigenvalue weighted by Crippen LogP contribution is 2.46. The second-order valence-corrected chi connectivity index (χ2v) is 6.51. The van der Waals surface area contributed by atoms with Gasteiger partial charge in [0.25, 0.3) is 0 Å². The summed E-state index contributed by atoms with van der Waals surface area (Å²) < 4.78 is 6.80. The lowest BCUT2D eigenvalue weighted by atomic mass is 9.72. The van der Waals surface area contributed by atoms with E-state index in [-0.39, 0.29) is 11.2 Å². The molecule has 0 radical (unpaired) electrons. The molecule has 98 valence electrons. The van der Waals surface area contributed by atoms with Gasteiger partial charge in [0.2, 0.25) is 0 Å². The minimum Gasteiger partial charge on any atom is -0.366 e. The van der Waals surface area contributed by atoms with Crippen LogP contribution >= 0.6 is 0 Å². The molecular weight excluding hydrogens is 210 g/mol. The fraction of sp³-hybridized carbons (Fsp3) is 1.00. The number of ether oxygens (including phenoxy) is 1. The fourth-order valence-corrected chi connectivity index (χ4v) is 4.53. The Bertz CT molecular complexity index is 268. The van der Waals surface area contributed by atoms with Gasteiger partial charge in [0.05, 0.1) is 11.2 Å². The van der Waals surface area contributed by atoms with E-state index in [2.05, 4.69) is 12.2 Å². The van der Waals surface area contributed by atoms with Crippen LogP contribution in [0.3, 0.4) is 0 Å². The van der Waals surface area contributed by atoms with Crippen molar-refractivity contribution in [3.05, 3.63) is 0 Å². The lowest BCUT2D eigenvalue weighted by molar-refractivity contribution is -0.211. The highest BCUT2D eigenvalue weighted by atomic mass is 16.5. The summed E-state index contributed by atoms with van der Waals surface area (Å²) in [7, 11) is 0. The first-order chi connectivity index (χ1) is 8.29. The normalized spacial score (nSPS) is 41.1. The minimum atomic E-state index is 0.190. The molecule has 2 atom stereocenters. The van der Waals surface area contributed by atoms with Crippen LogP contribution in [0, 0.1) is 5.92 Å². The van der Waals surface area contributed by atoms with Crippen LogP contribution in [0.2, 0.25) is 0 Å². The minimum absolute atomic E-state index is 0.190. The molecule has 3 aliphatic rings. The summed E-state index contributed by atoms with van der Waals surface area (Å²) in [4.78, 5) is 0. The van der Waals surface area contributed by atoms with Gasteiger partial charge in [-0.15, -0.1) is 0 Å². The quantitative estimate of drug-likeness (QED) is 0.756. The van der Waals surface area contributed by atoms with E-state index in [1.54, 1.807) is 0 Å². The standard InChI is InChI=1S/C15H27NO/c1-2-13-7-3-4-10-15(13)12-16-11-14(17-15)8-5-6-9-14/h13,16H,2-12H2,1H3. The molecule has 2 unspecified atom stereocenters. The molecule has 3 rings (SSSR count). The first-order valence-electron chi connectivity index (χ1n) is 7.70. The van der Waals surface area contributed by atoms with Crippen LogP contribution in [0.4, 0.5) is 0 Å². The molecule has 1 N–H and O–H groups in total. The molecule has 1 saturated heterocycles. The molecule has 0 amide bonds. The summed E-state index contributed by atoms with van der Waals surface area (Å²) in [6.45, 7) is 4.55. The van der Waals surface area contributed by atoms with Crippen LogP contribution in [0.5, 0.6) is 0 Å². The van der Waals surface area contributed by atoms with Crippen LogP contribution in [-0.4, -0.2) is 24.3 Å². The number of hydrogen-bond acceptors (Lipinski definition) is 2. The van der Waals surface area contributed by atoms with Gasteiger partial charge in [-0.25, -0.2) is 0 Å². The topological polar surface area (TPSA) is 21.3 Å². The van der Waals surface area contributed by atoms with E-state index in [4.69, 9.17) is 4.74 Å². The summed E-state index contributed by atoms with van der Waals surface area (Å²) >= 11 is 0. The number of nitrogens with one attached hydrogen (secondary N) is 1. The SMILES string of the molecule is CCC1CCCCC12CNCC1(CCCC1)O2. The van der Waals surface area contributed by atoms with Crippen molar-refractivity contribution in [2.75, 3.05) is 13.1 Å².